The van der Waals surface area contributed by atoms with Gasteiger partial charge in [0.2, 0.25) is 0 Å². The van der Waals surface area contributed by atoms with Crippen LogP contribution in [0.15, 0.2) is 30.3 Å². The minimum atomic E-state index is -0.745. The van der Waals surface area contributed by atoms with Crippen LogP contribution in [0.5, 0.6) is 0 Å². The monoisotopic (exact) mass is 274 g/mol. The number of nitrogens with one attached hydrogen (secondary N) is 1. The summed E-state index contributed by atoms with van der Waals surface area (Å²) in [6, 6.07) is 9.72. The van der Waals surface area contributed by atoms with Gasteiger partial charge in [0, 0.05) is 12.6 Å². The summed E-state index contributed by atoms with van der Waals surface area (Å²) in [6.07, 6.45) is 2.96. The van der Waals surface area contributed by atoms with Gasteiger partial charge in [-0.05, 0) is 43.8 Å². The molecule has 0 saturated carbocycles. The summed E-state index contributed by atoms with van der Waals surface area (Å²) < 4.78 is 0. The van der Waals surface area contributed by atoms with Crippen molar-refractivity contribution in [2.24, 2.45) is 5.92 Å². The molecule has 4 rings (SSSR count). The molecule has 0 amide bonds. The van der Waals surface area contributed by atoms with E-state index in [-0.39, 0.29) is 0 Å². The Hall–Kier alpha value is -1.39. The van der Waals surface area contributed by atoms with Crippen LogP contribution >= 0.6 is 0 Å². The van der Waals surface area contributed by atoms with Gasteiger partial charge in [0.15, 0.2) is 0 Å². The van der Waals surface area contributed by atoms with Crippen LogP contribution in [0, 0.1) is 5.92 Å². The Bertz CT molecular complexity index is 455. The molecule has 3 aliphatic rings. The number of carbonyl (C=O) groups is 1. The standard InChI is InChI=1S/C16H22N2O2/c19-16(20)14(10-12-4-2-1-3-5-12)17-15-11-18-8-6-13(15)7-9-18/h1-5,13-15,17H,6-11H2,(H,19,20)/t14?,15-/m1/s1. The van der Waals surface area contributed by atoms with Crippen LogP contribution < -0.4 is 5.32 Å². The molecule has 0 radical (unpaired) electrons. The zero-order chi connectivity index (χ0) is 13.9. The largest absolute Gasteiger partial charge is 0.480 e. The maximum atomic E-state index is 11.5. The van der Waals surface area contributed by atoms with Crippen molar-refractivity contribution in [3.05, 3.63) is 35.9 Å². The molecular formula is C16H22N2O2. The highest BCUT2D eigenvalue weighted by Gasteiger charge is 2.36. The van der Waals surface area contributed by atoms with Crippen molar-refractivity contribution in [3.63, 3.8) is 0 Å². The number of carboxylic acid groups (broad SMARTS) is 1. The molecule has 4 nitrogen and oxygen atoms in total. The van der Waals surface area contributed by atoms with E-state index in [2.05, 4.69) is 10.2 Å². The minimum absolute atomic E-state index is 0.335. The van der Waals surface area contributed by atoms with Gasteiger partial charge in [-0.2, -0.15) is 0 Å². The third-order valence-corrected chi connectivity index (χ3v) is 4.65. The molecule has 2 N–H and O–H groups in total. The molecule has 1 unspecified atom stereocenters. The van der Waals surface area contributed by atoms with Crippen LogP contribution in [0.25, 0.3) is 0 Å². The second kappa shape index (κ2) is 5.94. The van der Waals surface area contributed by atoms with Crippen LogP contribution in [-0.4, -0.2) is 47.7 Å². The van der Waals surface area contributed by atoms with Crippen LogP contribution in [0.2, 0.25) is 0 Å². The Morgan fingerprint density at radius 1 is 1.30 bits per heavy atom. The van der Waals surface area contributed by atoms with Gasteiger partial charge in [0.05, 0.1) is 0 Å². The van der Waals surface area contributed by atoms with E-state index >= 15 is 0 Å². The van der Waals surface area contributed by atoms with Crippen molar-refractivity contribution in [2.75, 3.05) is 19.6 Å². The first-order valence-electron chi connectivity index (χ1n) is 7.47. The molecule has 3 fully saturated rings. The number of benzene rings is 1. The lowest BCUT2D eigenvalue weighted by Crippen LogP contribution is -2.59. The molecule has 1 aromatic rings. The fraction of sp³-hybridized carbons (Fsp3) is 0.562. The van der Waals surface area contributed by atoms with E-state index in [9.17, 15) is 9.90 Å². The zero-order valence-electron chi connectivity index (χ0n) is 11.7. The number of hydrogen-bond acceptors (Lipinski definition) is 3. The molecule has 0 spiro atoms. The number of piperidine rings is 3. The highest BCUT2D eigenvalue weighted by atomic mass is 16.4. The Morgan fingerprint density at radius 2 is 2.00 bits per heavy atom. The lowest BCUT2D eigenvalue weighted by molar-refractivity contribution is -0.140. The van der Waals surface area contributed by atoms with Crippen LogP contribution in [0.1, 0.15) is 18.4 Å². The number of nitrogens with zero attached hydrogens (tertiary/aromatic N) is 1. The molecule has 3 saturated heterocycles. The summed E-state index contributed by atoms with van der Waals surface area (Å²) in [5.74, 6) is -0.0945. The summed E-state index contributed by atoms with van der Waals surface area (Å²) in [5, 5.41) is 12.9. The topological polar surface area (TPSA) is 52.6 Å². The smallest absolute Gasteiger partial charge is 0.321 e. The lowest BCUT2D eigenvalue weighted by Gasteiger charge is -2.45. The summed E-state index contributed by atoms with van der Waals surface area (Å²) in [4.78, 5) is 14.0. The number of aliphatic carboxylic acids is 1. The molecule has 4 heteroatoms. The second-order valence-electron chi connectivity index (χ2n) is 5.99. The van der Waals surface area contributed by atoms with Gasteiger partial charge >= 0.3 is 5.97 Å². The number of hydrogen-bond donors (Lipinski definition) is 2. The van der Waals surface area contributed by atoms with E-state index in [4.69, 9.17) is 0 Å². The first-order chi connectivity index (χ1) is 9.72. The maximum Gasteiger partial charge on any atom is 0.321 e. The van der Waals surface area contributed by atoms with E-state index in [1.54, 1.807) is 0 Å². The average Bonchev–Trinajstić information content (AvgIpc) is 2.49. The van der Waals surface area contributed by atoms with Crippen LogP contribution in [-0.2, 0) is 11.2 Å². The first-order valence-corrected chi connectivity index (χ1v) is 7.47. The van der Waals surface area contributed by atoms with Gasteiger partial charge in [-0.15, -0.1) is 0 Å². The molecule has 2 atom stereocenters. The Kier molecular flexibility index (Phi) is 4.03. The fourth-order valence-corrected chi connectivity index (χ4v) is 3.48. The molecule has 3 heterocycles. The lowest BCUT2D eigenvalue weighted by atomic mass is 9.83. The van der Waals surface area contributed by atoms with Gasteiger partial charge in [0.1, 0.15) is 6.04 Å². The summed E-state index contributed by atoms with van der Waals surface area (Å²) in [7, 11) is 0. The second-order valence-corrected chi connectivity index (χ2v) is 5.99. The quantitative estimate of drug-likeness (QED) is 0.851. The van der Waals surface area contributed by atoms with Gasteiger partial charge in [-0.3, -0.25) is 10.1 Å². The molecular weight excluding hydrogens is 252 g/mol. The molecule has 2 bridgehead atoms. The molecule has 0 aliphatic carbocycles. The SMILES string of the molecule is O=C(O)C(Cc1ccccc1)N[C@@H]1CN2CCC1CC2. The van der Waals surface area contributed by atoms with Crippen molar-refractivity contribution in [1.29, 1.82) is 0 Å². The molecule has 20 heavy (non-hydrogen) atoms. The van der Waals surface area contributed by atoms with E-state index in [0.717, 1.165) is 12.1 Å². The van der Waals surface area contributed by atoms with E-state index in [1.807, 2.05) is 30.3 Å². The van der Waals surface area contributed by atoms with Crippen molar-refractivity contribution in [2.45, 2.75) is 31.3 Å². The summed E-state index contributed by atoms with van der Waals surface area (Å²) in [5.41, 5.74) is 1.08. The maximum absolute atomic E-state index is 11.5. The number of carboxylic acids is 1. The van der Waals surface area contributed by atoms with Gasteiger partial charge in [-0.25, -0.2) is 0 Å². The van der Waals surface area contributed by atoms with Gasteiger partial charge in [-0.1, -0.05) is 30.3 Å². The van der Waals surface area contributed by atoms with Crippen molar-refractivity contribution < 1.29 is 9.90 Å². The van der Waals surface area contributed by atoms with E-state index < -0.39 is 12.0 Å². The Labute approximate surface area is 119 Å². The normalized spacial score (nSPS) is 30.1. The Balaban J connectivity index is 1.64. The summed E-state index contributed by atoms with van der Waals surface area (Å²) in [6.45, 7) is 3.36. The van der Waals surface area contributed by atoms with Gasteiger partial charge < -0.3 is 10.0 Å². The number of fused-ring (bicyclic) bond motifs is 3. The number of rotatable bonds is 5. The average molecular weight is 274 g/mol. The third-order valence-electron chi connectivity index (χ3n) is 4.65. The molecule has 3 aliphatic heterocycles. The summed E-state index contributed by atoms with van der Waals surface area (Å²) >= 11 is 0. The van der Waals surface area contributed by atoms with Crippen molar-refractivity contribution in [3.8, 4) is 0 Å². The van der Waals surface area contributed by atoms with Gasteiger partial charge in [0.25, 0.3) is 0 Å². The minimum Gasteiger partial charge on any atom is -0.480 e. The predicted octanol–water partition coefficient (Wildman–Crippen LogP) is 1.37. The highest BCUT2D eigenvalue weighted by molar-refractivity contribution is 5.74. The molecule has 108 valence electrons. The molecule has 0 aromatic heterocycles. The van der Waals surface area contributed by atoms with Crippen molar-refractivity contribution >= 4 is 5.97 Å². The third kappa shape index (κ3) is 3.02. The first kappa shape index (κ1) is 13.6. The highest BCUT2D eigenvalue weighted by Crippen LogP contribution is 2.27. The van der Waals surface area contributed by atoms with Crippen molar-refractivity contribution in [1.82, 2.24) is 10.2 Å². The molecule has 1 aromatic carbocycles. The fourth-order valence-electron chi connectivity index (χ4n) is 3.48. The Morgan fingerprint density at radius 3 is 2.55 bits per heavy atom. The predicted molar refractivity (Wildman–Crippen MR) is 77.7 cm³/mol. The van der Waals surface area contributed by atoms with E-state index in [0.29, 0.717) is 18.4 Å². The van der Waals surface area contributed by atoms with Crippen LogP contribution in [0.4, 0.5) is 0 Å². The van der Waals surface area contributed by atoms with E-state index in [1.165, 1.54) is 25.9 Å². The van der Waals surface area contributed by atoms with Crippen LogP contribution in [0.3, 0.4) is 0 Å². The zero-order valence-corrected chi connectivity index (χ0v) is 11.7.